The fourth-order valence-electron chi connectivity index (χ4n) is 3.45. The summed E-state index contributed by atoms with van der Waals surface area (Å²) in [5, 5.41) is 9.30. The Morgan fingerprint density at radius 2 is 1.91 bits per heavy atom. The Morgan fingerprint density at radius 3 is 2.61 bits per heavy atom. The molecule has 0 aliphatic carbocycles. The van der Waals surface area contributed by atoms with Gasteiger partial charge in [-0.1, -0.05) is 42.5 Å². The summed E-state index contributed by atoms with van der Waals surface area (Å²) >= 11 is 0. The zero-order valence-electron chi connectivity index (χ0n) is 13.2. The number of aliphatic hydroxyl groups excluding tert-OH is 1. The van der Waals surface area contributed by atoms with Gasteiger partial charge < -0.3 is 14.7 Å². The number of aliphatic hydroxyl groups is 1. The van der Waals surface area contributed by atoms with Gasteiger partial charge in [0.15, 0.2) is 0 Å². The zero-order chi connectivity index (χ0) is 16.2. The van der Waals surface area contributed by atoms with Gasteiger partial charge in [-0.05, 0) is 29.7 Å². The molecule has 2 atom stereocenters. The smallest absolute Gasteiger partial charge is 0.248 e. The summed E-state index contributed by atoms with van der Waals surface area (Å²) in [4.78, 5) is 14.0. The lowest BCUT2D eigenvalue weighted by atomic mass is 9.87. The number of hydrogen-bond acceptors (Lipinski definition) is 3. The van der Waals surface area contributed by atoms with Gasteiger partial charge in [0.2, 0.25) is 5.91 Å². The van der Waals surface area contributed by atoms with Crippen molar-refractivity contribution in [3.63, 3.8) is 0 Å². The Hall–Kier alpha value is -2.33. The van der Waals surface area contributed by atoms with E-state index in [1.807, 2.05) is 42.5 Å². The van der Waals surface area contributed by atoms with E-state index >= 15 is 0 Å². The van der Waals surface area contributed by atoms with Crippen LogP contribution in [0.5, 0.6) is 5.75 Å². The molecule has 23 heavy (non-hydrogen) atoms. The highest BCUT2D eigenvalue weighted by Gasteiger charge is 2.38. The molecule has 0 spiro atoms. The Balaban J connectivity index is 2.01. The number of benzene rings is 2. The molecule has 3 rings (SSSR count). The van der Waals surface area contributed by atoms with Crippen molar-refractivity contribution in [3.05, 3.63) is 65.7 Å². The number of hydrogen-bond donors (Lipinski definition) is 1. The second-order valence-electron chi connectivity index (χ2n) is 5.77. The van der Waals surface area contributed by atoms with Gasteiger partial charge in [0.25, 0.3) is 0 Å². The summed E-state index contributed by atoms with van der Waals surface area (Å²) in [6, 6.07) is 18.0. The minimum Gasteiger partial charge on any atom is -0.497 e. The van der Waals surface area contributed by atoms with E-state index < -0.39 is 6.61 Å². The largest absolute Gasteiger partial charge is 0.497 e. The van der Waals surface area contributed by atoms with Gasteiger partial charge >= 0.3 is 0 Å². The molecule has 4 heteroatoms. The molecule has 2 aromatic rings. The molecular formula is C19H21NO3. The summed E-state index contributed by atoms with van der Waals surface area (Å²) in [7, 11) is 1.64. The molecule has 1 N–H and O–H groups in total. The van der Waals surface area contributed by atoms with E-state index in [1.165, 1.54) is 5.56 Å². The van der Waals surface area contributed by atoms with Crippen molar-refractivity contribution >= 4 is 5.91 Å². The van der Waals surface area contributed by atoms with E-state index in [2.05, 4.69) is 12.1 Å². The van der Waals surface area contributed by atoms with Gasteiger partial charge in [-0.15, -0.1) is 0 Å². The van der Waals surface area contributed by atoms with Gasteiger partial charge in [-0.3, -0.25) is 4.79 Å². The molecule has 0 radical (unpaired) electrons. The molecule has 2 aromatic carbocycles. The van der Waals surface area contributed by atoms with Gasteiger partial charge in [0.1, 0.15) is 12.4 Å². The van der Waals surface area contributed by atoms with Crippen LogP contribution in [0.15, 0.2) is 54.6 Å². The number of methoxy groups -OCH3 is 1. The molecule has 0 saturated carbocycles. The van der Waals surface area contributed by atoms with Crippen molar-refractivity contribution in [1.82, 2.24) is 4.90 Å². The van der Waals surface area contributed by atoms with Crippen LogP contribution < -0.4 is 4.74 Å². The first-order chi connectivity index (χ1) is 11.2. The van der Waals surface area contributed by atoms with Crippen LogP contribution in [0, 0.1) is 0 Å². The molecule has 0 unspecified atom stereocenters. The van der Waals surface area contributed by atoms with Crippen molar-refractivity contribution in [1.29, 1.82) is 0 Å². The summed E-state index contributed by atoms with van der Waals surface area (Å²) in [6.45, 7) is 0.197. The fraction of sp³-hybridized carbons (Fsp3) is 0.316. The van der Waals surface area contributed by atoms with Crippen LogP contribution in [0.2, 0.25) is 0 Å². The molecule has 1 heterocycles. The maximum atomic E-state index is 12.2. The Morgan fingerprint density at radius 1 is 1.17 bits per heavy atom. The van der Waals surface area contributed by atoms with Crippen LogP contribution in [-0.4, -0.2) is 36.2 Å². The molecule has 1 aliphatic heterocycles. The van der Waals surface area contributed by atoms with Crippen molar-refractivity contribution in [2.24, 2.45) is 0 Å². The molecular weight excluding hydrogens is 290 g/mol. The van der Waals surface area contributed by atoms with E-state index in [-0.39, 0.29) is 17.9 Å². The molecule has 1 fully saturated rings. The molecule has 0 bridgehead atoms. The van der Waals surface area contributed by atoms with Crippen molar-refractivity contribution < 1.29 is 14.6 Å². The zero-order valence-corrected chi connectivity index (χ0v) is 13.2. The van der Waals surface area contributed by atoms with Crippen molar-refractivity contribution in [2.75, 3.05) is 20.3 Å². The predicted molar refractivity (Wildman–Crippen MR) is 88.3 cm³/mol. The maximum absolute atomic E-state index is 12.2. The first kappa shape index (κ1) is 15.6. The number of ether oxygens (including phenoxy) is 1. The number of likely N-dealkylation sites (tertiary alicyclic amines) is 1. The first-order valence-electron chi connectivity index (χ1n) is 7.84. The summed E-state index contributed by atoms with van der Waals surface area (Å²) in [5.74, 6) is 0.771. The van der Waals surface area contributed by atoms with Crippen LogP contribution in [0.1, 0.15) is 29.5 Å². The minimum atomic E-state index is -0.456. The first-order valence-corrected chi connectivity index (χ1v) is 7.84. The number of nitrogens with zero attached hydrogens (tertiary/aromatic N) is 1. The van der Waals surface area contributed by atoms with E-state index in [1.54, 1.807) is 12.0 Å². The fourth-order valence-corrected chi connectivity index (χ4v) is 3.45. The van der Waals surface area contributed by atoms with Crippen LogP contribution in [0.25, 0.3) is 0 Å². The standard InChI is InChI=1S/C19H21NO3/c1-23-16-9-5-8-15(12-16)19-17(14-6-3-2-4-7-14)10-11-20(19)18(22)13-21/h2-9,12,17,19,21H,10-11,13H2,1H3/t17-,19+/m0/s1. The Bertz CT molecular complexity index is 671. The lowest BCUT2D eigenvalue weighted by Gasteiger charge is -2.29. The lowest BCUT2D eigenvalue weighted by molar-refractivity contribution is -0.135. The Kier molecular flexibility index (Phi) is 4.63. The van der Waals surface area contributed by atoms with Crippen LogP contribution >= 0.6 is 0 Å². The number of amides is 1. The predicted octanol–water partition coefficient (Wildman–Crippen LogP) is 2.74. The van der Waals surface area contributed by atoms with Gasteiger partial charge in [-0.25, -0.2) is 0 Å². The third kappa shape index (κ3) is 3.08. The lowest BCUT2D eigenvalue weighted by Crippen LogP contribution is -2.33. The Labute approximate surface area is 136 Å². The average Bonchev–Trinajstić information content (AvgIpc) is 3.07. The highest BCUT2D eigenvalue weighted by molar-refractivity contribution is 5.78. The van der Waals surface area contributed by atoms with Gasteiger partial charge in [-0.2, -0.15) is 0 Å². The van der Waals surface area contributed by atoms with Crippen LogP contribution in [0.4, 0.5) is 0 Å². The van der Waals surface area contributed by atoms with E-state index in [0.717, 1.165) is 17.7 Å². The summed E-state index contributed by atoms with van der Waals surface area (Å²) in [6.07, 6.45) is 0.887. The summed E-state index contributed by atoms with van der Waals surface area (Å²) < 4.78 is 5.32. The number of carbonyl (C=O) groups excluding carboxylic acids is 1. The topological polar surface area (TPSA) is 49.8 Å². The molecule has 4 nitrogen and oxygen atoms in total. The van der Waals surface area contributed by atoms with E-state index in [0.29, 0.717) is 6.54 Å². The highest BCUT2D eigenvalue weighted by Crippen LogP contribution is 2.44. The quantitative estimate of drug-likeness (QED) is 0.944. The van der Waals surface area contributed by atoms with E-state index in [4.69, 9.17) is 4.74 Å². The van der Waals surface area contributed by atoms with Gasteiger partial charge in [0, 0.05) is 12.5 Å². The maximum Gasteiger partial charge on any atom is 0.248 e. The molecule has 1 amide bonds. The molecule has 1 saturated heterocycles. The molecule has 120 valence electrons. The minimum absolute atomic E-state index is 0.0767. The SMILES string of the molecule is COc1cccc([C@@H]2[C@H](c3ccccc3)CCN2C(=O)CO)c1. The second-order valence-corrected chi connectivity index (χ2v) is 5.77. The molecule has 1 aliphatic rings. The van der Waals surface area contributed by atoms with Crippen molar-refractivity contribution in [2.45, 2.75) is 18.4 Å². The van der Waals surface area contributed by atoms with Crippen LogP contribution in [0.3, 0.4) is 0 Å². The number of rotatable bonds is 4. The third-order valence-electron chi connectivity index (χ3n) is 4.52. The van der Waals surface area contributed by atoms with E-state index in [9.17, 15) is 9.90 Å². The van der Waals surface area contributed by atoms with Crippen molar-refractivity contribution in [3.8, 4) is 5.75 Å². The molecule has 0 aromatic heterocycles. The summed E-state index contributed by atoms with van der Waals surface area (Å²) in [5.41, 5.74) is 2.26. The monoisotopic (exact) mass is 311 g/mol. The number of carbonyl (C=O) groups is 1. The normalized spacial score (nSPS) is 20.5. The second kappa shape index (κ2) is 6.84. The van der Waals surface area contributed by atoms with Crippen LogP contribution in [-0.2, 0) is 4.79 Å². The van der Waals surface area contributed by atoms with Gasteiger partial charge in [0.05, 0.1) is 13.2 Å². The third-order valence-corrected chi connectivity index (χ3v) is 4.52. The average molecular weight is 311 g/mol. The highest BCUT2D eigenvalue weighted by atomic mass is 16.5.